The molecule has 0 radical (unpaired) electrons. The Labute approximate surface area is 246 Å². The molecule has 0 saturated carbocycles. The van der Waals surface area contributed by atoms with Crippen molar-refractivity contribution in [1.29, 1.82) is 0 Å². The Morgan fingerprint density at radius 2 is 1.07 bits per heavy atom. The van der Waals surface area contributed by atoms with Gasteiger partial charge in [-0.05, 0) is 64.2 Å². The lowest BCUT2D eigenvalue weighted by Gasteiger charge is -2.15. The second-order valence-corrected chi connectivity index (χ2v) is 10.5. The molecule has 0 heterocycles. The third-order valence-corrected chi connectivity index (χ3v) is 6.61. The van der Waals surface area contributed by atoms with Gasteiger partial charge in [0, 0.05) is 12.8 Å². The average molecular weight is 561 g/mol. The molecule has 0 aliphatic carbocycles. The first-order valence-electron chi connectivity index (χ1n) is 16.2. The van der Waals surface area contributed by atoms with Crippen LogP contribution in [0.25, 0.3) is 0 Å². The summed E-state index contributed by atoms with van der Waals surface area (Å²) in [5.74, 6) is -0.629. The first-order chi connectivity index (χ1) is 19.6. The van der Waals surface area contributed by atoms with Crippen LogP contribution in [0.1, 0.15) is 142 Å². The largest absolute Gasteiger partial charge is 0.462 e. The van der Waals surface area contributed by atoms with Gasteiger partial charge in [0.15, 0.2) is 6.10 Å². The van der Waals surface area contributed by atoms with Gasteiger partial charge in [0.05, 0.1) is 6.61 Å². The van der Waals surface area contributed by atoms with E-state index in [9.17, 15) is 14.7 Å². The lowest BCUT2D eigenvalue weighted by molar-refractivity contribution is -0.161. The van der Waals surface area contributed by atoms with Crippen molar-refractivity contribution in [2.24, 2.45) is 0 Å². The monoisotopic (exact) mass is 560 g/mol. The van der Waals surface area contributed by atoms with Crippen LogP contribution in [0.4, 0.5) is 0 Å². The highest BCUT2D eigenvalue weighted by Crippen LogP contribution is 2.11. The Morgan fingerprint density at radius 1 is 0.600 bits per heavy atom. The summed E-state index contributed by atoms with van der Waals surface area (Å²) in [5, 5.41) is 9.48. The molecule has 230 valence electrons. The Kier molecular flexibility index (Phi) is 29.7. The summed E-state index contributed by atoms with van der Waals surface area (Å²) in [4.78, 5) is 24.1. The molecule has 0 aromatic rings. The number of aliphatic hydroxyl groups excluding tert-OH is 1. The first kappa shape index (κ1) is 37.9. The number of ether oxygens (including phenoxy) is 2. The third-order valence-electron chi connectivity index (χ3n) is 6.61. The predicted molar refractivity (Wildman–Crippen MR) is 168 cm³/mol. The molecule has 0 aromatic carbocycles. The number of hydrogen-bond acceptors (Lipinski definition) is 5. The van der Waals surface area contributed by atoms with Crippen LogP contribution < -0.4 is 0 Å². The van der Waals surface area contributed by atoms with Crippen LogP contribution in [0.2, 0.25) is 0 Å². The molecule has 0 amide bonds. The van der Waals surface area contributed by atoms with Gasteiger partial charge in [-0.3, -0.25) is 9.59 Å². The van der Waals surface area contributed by atoms with E-state index in [2.05, 4.69) is 62.5 Å². The molecule has 0 bridgehead atoms. The summed E-state index contributed by atoms with van der Waals surface area (Å²) < 4.78 is 10.5. The topological polar surface area (TPSA) is 72.8 Å². The maximum absolute atomic E-state index is 12.1. The van der Waals surface area contributed by atoms with Gasteiger partial charge in [-0.25, -0.2) is 0 Å². The van der Waals surface area contributed by atoms with Crippen molar-refractivity contribution in [2.45, 2.75) is 148 Å². The molecule has 40 heavy (non-hydrogen) atoms. The molecule has 5 nitrogen and oxygen atoms in total. The summed E-state index contributed by atoms with van der Waals surface area (Å²) in [6, 6.07) is 0. The average Bonchev–Trinajstić information content (AvgIpc) is 2.96. The zero-order chi connectivity index (χ0) is 29.4. The highest BCUT2D eigenvalue weighted by Gasteiger charge is 2.16. The Hall–Kier alpha value is -2.14. The summed E-state index contributed by atoms with van der Waals surface area (Å²) in [5.41, 5.74) is 0. The number of allylic oxidation sites excluding steroid dienone is 8. The van der Waals surface area contributed by atoms with Gasteiger partial charge in [-0.1, -0.05) is 114 Å². The van der Waals surface area contributed by atoms with Crippen molar-refractivity contribution in [1.82, 2.24) is 0 Å². The Bertz CT molecular complexity index is 692. The number of carbonyl (C=O) groups excluding carboxylic acids is 2. The highest BCUT2D eigenvalue weighted by atomic mass is 16.6. The quantitative estimate of drug-likeness (QED) is 0.0586. The van der Waals surface area contributed by atoms with Crippen molar-refractivity contribution < 1.29 is 24.2 Å². The normalized spacial score (nSPS) is 12.8. The molecule has 1 atom stereocenters. The minimum atomic E-state index is -0.780. The number of aliphatic hydroxyl groups is 1. The van der Waals surface area contributed by atoms with Crippen LogP contribution in [0, 0.1) is 0 Å². The number of carbonyl (C=O) groups is 2. The van der Waals surface area contributed by atoms with Crippen molar-refractivity contribution in [3.05, 3.63) is 48.6 Å². The number of rotatable bonds is 28. The van der Waals surface area contributed by atoms with E-state index in [1.54, 1.807) is 0 Å². The molecule has 0 rings (SSSR count). The van der Waals surface area contributed by atoms with E-state index < -0.39 is 6.10 Å². The van der Waals surface area contributed by atoms with E-state index in [-0.39, 0.29) is 25.2 Å². The lowest BCUT2D eigenvalue weighted by atomic mass is 10.1. The molecule has 0 aromatic heterocycles. The SMILES string of the molecule is CCC=CCC=CCC=CCCCCCCCC(=O)OC[C@H](CO)OC(=O)CCCCCCCC=CCCCC. The maximum Gasteiger partial charge on any atom is 0.306 e. The van der Waals surface area contributed by atoms with Gasteiger partial charge in [0.1, 0.15) is 6.61 Å². The highest BCUT2D eigenvalue weighted by molar-refractivity contribution is 5.70. The van der Waals surface area contributed by atoms with Crippen molar-refractivity contribution in [2.75, 3.05) is 13.2 Å². The second kappa shape index (κ2) is 31.4. The maximum atomic E-state index is 12.1. The van der Waals surface area contributed by atoms with E-state index in [0.717, 1.165) is 77.0 Å². The van der Waals surface area contributed by atoms with Crippen molar-refractivity contribution >= 4 is 11.9 Å². The van der Waals surface area contributed by atoms with Gasteiger partial charge < -0.3 is 14.6 Å². The van der Waals surface area contributed by atoms with Gasteiger partial charge in [0.2, 0.25) is 0 Å². The van der Waals surface area contributed by atoms with Gasteiger partial charge >= 0.3 is 11.9 Å². The molecule has 0 fully saturated rings. The minimum absolute atomic E-state index is 0.0796. The van der Waals surface area contributed by atoms with Crippen LogP contribution in [0.15, 0.2) is 48.6 Å². The molecule has 0 saturated heterocycles. The molecule has 1 N–H and O–H groups in total. The van der Waals surface area contributed by atoms with E-state index >= 15 is 0 Å². The molecular weight excluding hydrogens is 500 g/mol. The van der Waals surface area contributed by atoms with E-state index in [4.69, 9.17) is 9.47 Å². The van der Waals surface area contributed by atoms with Crippen LogP contribution in [-0.2, 0) is 19.1 Å². The zero-order valence-electron chi connectivity index (χ0n) is 25.8. The molecule has 0 aliphatic rings. The summed E-state index contributed by atoms with van der Waals surface area (Å²) in [6.45, 7) is 3.94. The number of unbranched alkanes of at least 4 members (excludes halogenated alkanes) is 12. The Morgan fingerprint density at radius 3 is 1.65 bits per heavy atom. The number of esters is 2. The fourth-order valence-electron chi connectivity index (χ4n) is 4.13. The van der Waals surface area contributed by atoms with E-state index in [0.29, 0.717) is 12.8 Å². The third kappa shape index (κ3) is 28.9. The standard InChI is InChI=1S/C35H60O5/c1-3-5-7-9-11-13-15-16-17-18-20-21-23-25-27-29-34(37)39-32-33(31-36)40-35(38)30-28-26-24-22-19-14-12-10-8-6-4-2/h5,7,10-13,16-17,33,36H,3-4,6,8-9,14-15,18-32H2,1-2H3/t33-/m0/s1. The fraction of sp³-hybridized carbons (Fsp3) is 0.714. The zero-order valence-corrected chi connectivity index (χ0v) is 25.8. The number of hydrogen-bond donors (Lipinski definition) is 1. The fourth-order valence-corrected chi connectivity index (χ4v) is 4.13. The van der Waals surface area contributed by atoms with Crippen LogP contribution in [0.3, 0.4) is 0 Å². The summed E-state index contributed by atoms with van der Waals surface area (Å²) in [6.07, 6.45) is 37.3. The summed E-state index contributed by atoms with van der Waals surface area (Å²) in [7, 11) is 0. The van der Waals surface area contributed by atoms with Crippen LogP contribution in [-0.4, -0.2) is 36.4 Å². The summed E-state index contributed by atoms with van der Waals surface area (Å²) >= 11 is 0. The predicted octanol–water partition coefficient (Wildman–Crippen LogP) is 9.50. The van der Waals surface area contributed by atoms with Crippen molar-refractivity contribution in [3.63, 3.8) is 0 Å². The minimum Gasteiger partial charge on any atom is -0.462 e. The molecule has 0 aliphatic heterocycles. The van der Waals surface area contributed by atoms with Crippen LogP contribution >= 0.6 is 0 Å². The van der Waals surface area contributed by atoms with E-state index in [1.807, 2.05) is 0 Å². The smallest absolute Gasteiger partial charge is 0.306 e. The molecular formula is C35H60O5. The van der Waals surface area contributed by atoms with Gasteiger partial charge in [-0.15, -0.1) is 0 Å². The van der Waals surface area contributed by atoms with Crippen LogP contribution in [0.5, 0.6) is 0 Å². The van der Waals surface area contributed by atoms with E-state index in [1.165, 1.54) is 38.5 Å². The molecule has 0 unspecified atom stereocenters. The molecule has 0 spiro atoms. The van der Waals surface area contributed by atoms with Gasteiger partial charge in [0.25, 0.3) is 0 Å². The van der Waals surface area contributed by atoms with Gasteiger partial charge in [-0.2, -0.15) is 0 Å². The Balaban J connectivity index is 3.65. The lowest BCUT2D eigenvalue weighted by Crippen LogP contribution is -2.28. The van der Waals surface area contributed by atoms with Crippen molar-refractivity contribution in [3.8, 4) is 0 Å². The first-order valence-corrected chi connectivity index (χ1v) is 16.2. The molecule has 5 heteroatoms. The second-order valence-electron chi connectivity index (χ2n) is 10.5.